The number of hydrogen-bond acceptors (Lipinski definition) is 3. The van der Waals surface area contributed by atoms with Crippen molar-refractivity contribution in [2.24, 2.45) is 0 Å². The smallest absolute Gasteiger partial charge is 0.0910 e. The van der Waals surface area contributed by atoms with Crippen LogP contribution in [0.3, 0.4) is 0 Å². The maximum absolute atomic E-state index is 9.56. The topological polar surface area (TPSA) is 32.3 Å². The van der Waals surface area contributed by atoms with Crippen LogP contribution in [0.1, 0.15) is 23.1 Å². The summed E-state index contributed by atoms with van der Waals surface area (Å²) in [4.78, 5) is 0. The van der Waals surface area contributed by atoms with Crippen molar-refractivity contribution in [3.8, 4) is 0 Å². The molecule has 3 aromatic rings. The Morgan fingerprint density at radius 2 is 1.21 bits per heavy atom. The average Bonchev–Trinajstić information content (AvgIpc) is 3.21. The molecule has 2 unspecified atom stereocenters. The number of halogens is 1. The first-order chi connectivity index (χ1) is 13.3. The van der Waals surface area contributed by atoms with Gasteiger partial charge in [-0.3, -0.25) is 0 Å². The lowest BCUT2D eigenvalue weighted by atomic mass is 9.84. The van der Waals surface area contributed by atoms with Crippen LogP contribution >= 0.6 is 24.2 Å². The molecule has 2 atom stereocenters. The highest BCUT2D eigenvalue weighted by Crippen LogP contribution is 2.51. The van der Waals surface area contributed by atoms with Crippen molar-refractivity contribution in [1.29, 1.82) is 0 Å². The van der Waals surface area contributed by atoms with Gasteiger partial charge in [-0.1, -0.05) is 91.0 Å². The van der Waals surface area contributed by atoms with Gasteiger partial charge in [-0.2, -0.15) is 0 Å². The van der Waals surface area contributed by atoms with E-state index in [1.165, 1.54) is 16.7 Å². The highest BCUT2D eigenvalue weighted by atomic mass is 35.5. The molecule has 0 amide bonds. The lowest BCUT2D eigenvalue weighted by molar-refractivity contribution is 0.255. The quantitative estimate of drug-likeness (QED) is 0.568. The monoisotopic (exact) mass is 411 g/mol. The lowest BCUT2D eigenvalue weighted by Gasteiger charge is -2.37. The van der Waals surface area contributed by atoms with E-state index in [9.17, 15) is 5.11 Å². The Kier molecular flexibility index (Phi) is 7.19. The summed E-state index contributed by atoms with van der Waals surface area (Å²) in [6.45, 7) is 1.12. The molecule has 4 rings (SSSR count). The minimum atomic E-state index is -0.277. The highest BCUT2D eigenvalue weighted by molar-refractivity contribution is 8.01. The largest absolute Gasteiger partial charge is 0.395 e. The predicted octanol–water partition coefficient (Wildman–Crippen LogP) is 4.86. The van der Waals surface area contributed by atoms with Crippen molar-refractivity contribution < 1.29 is 5.11 Å². The summed E-state index contributed by atoms with van der Waals surface area (Å²) in [5.41, 5.74) is 3.87. The van der Waals surface area contributed by atoms with Crippen LogP contribution in [0.15, 0.2) is 91.0 Å². The molecule has 1 aliphatic rings. The molecule has 3 aromatic carbocycles. The standard InChI is InChI=1S/C24H25NOS.ClH/c26-18-22-16-23(17-25-22)27-24(19-10-4-1-5-11-19,20-12-6-2-7-13-20)21-14-8-3-9-15-21;/h1-15,22-23,25-26H,16-18H2;1H. The van der Waals surface area contributed by atoms with Gasteiger partial charge in [0.05, 0.1) is 11.4 Å². The van der Waals surface area contributed by atoms with E-state index in [4.69, 9.17) is 0 Å². The van der Waals surface area contributed by atoms with E-state index in [1.54, 1.807) is 0 Å². The first-order valence-corrected chi connectivity index (χ1v) is 10.4. The van der Waals surface area contributed by atoms with E-state index in [0.717, 1.165) is 13.0 Å². The second-order valence-corrected chi connectivity index (χ2v) is 8.56. The van der Waals surface area contributed by atoms with Crippen molar-refractivity contribution in [2.45, 2.75) is 22.5 Å². The van der Waals surface area contributed by atoms with E-state index in [0.29, 0.717) is 5.25 Å². The summed E-state index contributed by atoms with van der Waals surface area (Å²) < 4.78 is -0.277. The molecule has 4 heteroatoms. The molecule has 0 radical (unpaired) electrons. The predicted molar refractivity (Wildman–Crippen MR) is 121 cm³/mol. The molecule has 0 aliphatic carbocycles. The van der Waals surface area contributed by atoms with Gasteiger partial charge in [0.25, 0.3) is 0 Å². The molecule has 0 saturated carbocycles. The van der Waals surface area contributed by atoms with E-state index >= 15 is 0 Å². The molecule has 2 nitrogen and oxygen atoms in total. The number of aliphatic hydroxyl groups is 1. The van der Waals surface area contributed by atoms with Crippen LogP contribution in [0.2, 0.25) is 0 Å². The average molecular weight is 412 g/mol. The Balaban J connectivity index is 0.00000225. The number of nitrogens with one attached hydrogen (secondary N) is 1. The van der Waals surface area contributed by atoms with Crippen LogP contribution in [-0.4, -0.2) is 29.5 Å². The van der Waals surface area contributed by atoms with Gasteiger partial charge in [0.2, 0.25) is 0 Å². The molecule has 28 heavy (non-hydrogen) atoms. The van der Waals surface area contributed by atoms with Crippen molar-refractivity contribution in [3.05, 3.63) is 108 Å². The summed E-state index contributed by atoms with van der Waals surface area (Å²) >= 11 is 2.00. The van der Waals surface area contributed by atoms with Gasteiger partial charge in [-0.15, -0.1) is 24.2 Å². The number of rotatable bonds is 6. The second kappa shape index (κ2) is 9.62. The normalized spacial score (nSPS) is 19.2. The summed E-state index contributed by atoms with van der Waals surface area (Å²) in [5.74, 6) is 0. The summed E-state index contributed by atoms with van der Waals surface area (Å²) in [6, 6.07) is 32.6. The fourth-order valence-corrected chi connectivity index (χ4v) is 5.81. The Labute approximate surface area is 177 Å². The van der Waals surface area contributed by atoms with Gasteiger partial charge >= 0.3 is 0 Å². The van der Waals surface area contributed by atoms with Crippen molar-refractivity contribution in [2.75, 3.05) is 13.2 Å². The van der Waals surface area contributed by atoms with E-state index in [1.807, 2.05) is 11.8 Å². The third kappa shape index (κ3) is 4.13. The summed E-state index contributed by atoms with van der Waals surface area (Å²) in [5, 5.41) is 13.5. The maximum Gasteiger partial charge on any atom is 0.0910 e. The van der Waals surface area contributed by atoms with Gasteiger partial charge in [0, 0.05) is 17.8 Å². The van der Waals surface area contributed by atoms with Gasteiger partial charge in [-0.25, -0.2) is 0 Å². The van der Waals surface area contributed by atoms with Crippen LogP contribution < -0.4 is 5.32 Å². The van der Waals surface area contributed by atoms with Crippen LogP contribution in [0.25, 0.3) is 0 Å². The molecule has 1 saturated heterocycles. The fraction of sp³-hybridized carbons (Fsp3) is 0.250. The first-order valence-electron chi connectivity index (χ1n) is 9.51. The minimum Gasteiger partial charge on any atom is -0.395 e. The van der Waals surface area contributed by atoms with Crippen LogP contribution in [0, 0.1) is 0 Å². The molecule has 2 N–H and O–H groups in total. The van der Waals surface area contributed by atoms with Crippen molar-refractivity contribution in [3.63, 3.8) is 0 Å². The Hall–Kier alpha value is -1.78. The molecule has 0 bridgehead atoms. The van der Waals surface area contributed by atoms with Crippen LogP contribution in [-0.2, 0) is 4.75 Å². The Morgan fingerprint density at radius 3 is 1.57 bits per heavy atom. The van der Waals surface area contributed by atoms with Crippen LogP contribution in [0.5, 0.6) is 0 Å². The van der Waals surface area contributed by atoms with Crippen molar-refractivity contribution in [1.82, 2.24) is 5.32 Å². The molecular formula is C24H26ClNOS. The van der Waals surface area contributed by atoms with E-state index in [2.05, 4.69) is 96.3 Å². The zero-order valence-corrected chi connectivity index (χ0v) is 17.3. The molecular weight excluding hydrogens is 386 g/mol. The van der Waals surface area contributed by atoms with Crippen LogP contribution in [0.4, 0.5) is 0 Å². The van der Waals surface area contributed by atoms with Gasteiger partial charge in [0.15, 0.2) is 0 Å². The van der Waals surface area contributed by atoms with Gasteiger partial charge in [-0.05, 0) is 23.1 Å². The highest BCUT2D eigenvalue weighted by Gasteiger charge is 2.40. The zero-order valence-electron chi connectivity index (χ0n) is 15.7. The zero-order chi connectivity index (χ0) is 18.5. The van der Waals surface area contributed by atoms with E-state index in [-0.39, 0.29) is 29.8 Å². The number of thioether (sulfide) groups is 1. The SMILES string of the molecule is Cl.OCC1CC(SC(c2ccccc2)(c2ccccc2)c2ccccc2)CN1. The lowest BCUT2D eigenvalue weighted by Crippen LogP contribution is -2.29. The molecule has 1 aliphatic heterocycles. The summed E-state index contributed by atoms with van der Waals surface area (Å²) in [6.07, 6.45) is 0.982. The fourth-order valence-electron chi connectivity index (χ4n) is 3.98. The van der Waals surface area contributed by atoms with Gasteiger partial charge < -0.3 is 10.4 Å². The van der Waals surface area contributed by atoms with E-state index < -0.39 is 0 Å². The minimum absolute atomic E-state index is 0. The van der Waals surface area contributed by atoms with Gasteiger partial charge in [0.1, 0.15) is 0 Å². The number of hydrogen-bond donors (Lipinski definition) is 2. The molecule has 0 spiro atoms. The molecule has 1 fully saturated rings. The molecule has 0 aromatic heterocycles. The molecule has 1 heterocycles. The Bertz CT molecular complexity index is 748. The summed E-state index contributed by atoms with van der Waals surface area (Å²) in [7, 11) is 0. The second-order valence-electron chi connectivity index (χ2n) is 7.04. The Morgan fingerprint density at radius 1 is 0.786 bits per heavy atom. The number of aliphatic hydroxyl groups excluding tert-OH is 1. The molecule has 146 valence electrons. The maximum atomic E-state index is 9.56. The van der Waals surface area contributed by atoms with Crippen molar-refractivity contribution >= 4 is 24.2 Å². The third-order valence-electron chi connectivity index (χ3n) is 5.29. The number of benzene rings is 3. The first kappa shape index (κ1) is 20.9. The third-order valence-corrected chi connectivity index (χ3v) is 7.04.